The number of aryl methyl sites for hydroxylation is 1. The number of nitrogens with one attached hydrogen (secondary N) is 2. The molecule has 1 unspecified atom stereocenters. The molecule has 160 valence electrons. The van der Waals surface area contributed by atoms with Crippen LogP contribution >= 0.6 is 0 Å². The third-order valence-electron chi connectivity index (χ3n) is 5.44. The number of amides is 1. The van der Waals surface area contributed by atoms with Crippen LogP contribution in [0.1, 0.15) is 30.4 Å². The molecule has 2 heterocycles. The molecule has 3 rings (SSSR count). The normalized spacial score (nSPS) is 16.9. The second kappa shape index (κ2) is 11.2. The smallest absolute Gasteiger partial charge is 0.222 e. The number of benzene rings is 1. The summed E-state index contributed by atoms with van der Waals surface area (Å²) in [6, 6.07) is 14.5. The van der Waals surface area contributed by atoms with E-state index >= 15 is 0 Å². The molecule has 7 heteroatoms. The molecule has 1 aromatic carbocycles. The molecule has 0 spiro atoms. The number of rotatable bonds is 8. The SMILES string of the molecule is CN=C(NCCCc1ccccc1)NCc1cccnc1N1CCCC(C(N)=O)C1. The topological polar surface area (TPSA) is 95.6 Å². The van der Waals surface area contributed by atoms with E-state index in [4.69, 9.17) is 5.73 Å². The van der Waals surface area contributed by atoms with E-state index in [1.165, 1.54) is 5.56 Å². The highest BCUT2D eigenvalue weighted by atomic mass is 16.1. The monoisotopic (exact) mass is 408 g/mol. The molecule has 0 aliphatic carbocycles. The molecule has 2 aromatic rings. The highest BCUT2D eigenvalue weighted by Crippen LogP contribution is 2.24. The van der Waals surface area contributed by atoms with Crippen LogP contribution in [-0.2, 0) is 17.8 Å². The van der Waals surface area contributed by atoms with E-state index in [0.717, 1.165) is 56.1 Å². The maximum atomic E-state index is 11.6. The van der Waals surface area contributed by atoms with Crippen LogP contribution in [-0.4, -0.2) is 43.5 Å². The Morgan fingerprint density at radius 3 is 2.83 bits per heavy atom. The van der Waals surface area contributed by atoms with Gasteiger partial charge in [-0.3, -0.25) is 9.79 Å². The lowest BCUT2D eigenvalue weighted by Gasteiger charge is -2.33. The van der Waals surface area contributed by atoms with Gasteiger partial charge in [-0.15, -0.1) is 0 Å². The highest BCUT2D eigenvalue weighted by Gasteiger charge is 2.25. The molecule has 0 bridgehead atoms. The number of pyridine rings is 1. The van der Waals surface area contributed by atoms with Gasteiger partial charge in [-0.2, -0.15) is 0 Å². The lowest BCUT2D eigenvalue weighted by Crippen LogP contribution is -2.42. The van der Waals surface area contributed by atoms with Gasteiger partial charge in [-0.05, 0) is 37.3 Å². The van der Waals surface area contributed by atoms with Gasteiger partial charge < -0.3 is 21.3 Å². The molecule has 7 nitrogen and oxygen atoms in total. The predicted molar refractivity (Wildman–Crippen MR) is 121 cm³/mol. The first kappa shape index (κ1) is 21.6. The molecule has 1 aliphatic heterocycles. The van der Waals surface area contributed by atoms with Gasteiger partial charge in [-0.25, -0.2) is 4.98 Å². The first-order valence-corrected chi connectivity index (χ1v) is 10.6. The molecule has 30 heavy (non-hydrogen) atoms. The van der Waals surface area contributed by atoms with Crippen LogP contribution < -0.4 is 21.3 Å². The van der Waals surface area contributed by atoms with Gasteiger partial charge in [0.1, 0.15) is 5.82 Å². The standard InChI is InChI=1S/C23H32N6O/c1-25-23(27-14-5-10-18-8-3-2-4-9-18)28-16-19-11-6-13-26-22(19)29-15-7-12-20(17-29)21(24)30/h2-4,6,8-9,11,13,20H,5,7,10,12,14-17H2,1H3,(H2,24,30)(H2,25,27,28). The minimum absolute atomic E-state index is 0.111. The average molecular weight is 409 g/mol. The predicted octanol–water partition coefficient (Wildman–Crippen LogP) is 2.08. The molecular weight excluding hydrogens is 376 g/mol. The van der Waals surface area contributed by atoms with Gasteiger partial charge in [0.05, 0.1) is 5.92 Å². The summed E-state index contributed by atoms with van der Waals surface area (Å²) in [5.74, 6) is 1.35. The van der Waals surface area contributed by atoms with Crippen LogP contribution in [0.25, 0.3) is 0 Å². The van der Waals surface area contributed by atoms with Crippen molar-refractivity contribution in [1.29, 1.82) is 0 Å². The average Bonchev–Trinajstić information content (AvgIpc) is 2.79. The van der Waals surface area contributed by atoms with E-state index in [1.807, 2.05) is 12.1 Å². The molecule has 0 radical (unpaired) electrons. The minimum atomic E-state index is -0.226. The van der Waals surface area contributed by atoms with E-state index < -0.39 is 0 Å². The molecule has 0 saturated carbocycles. The van der Waals surface area contributed by atoms with Gasteiger partial charge in [0, 0.05) is 45.0 Å². The summed E-state index contributed by atoms with van der Waals surface area (Å²) in [6.45, 7) is 2.98. The number of hydrogen-bond acceptors (Lipinski definition) is 4. The van der Waals surface area contributed by atoms with Crippen molar-refractivity contribution in [2.24, 2.45) is 16.6 Å². The summed E-state index contributed by atoms with van der Waals surface area (Å²) in [5, 5.41) is 6.75. The van der Waals surface area contributed by atoms with Crippen LogP contribution in [0.3, 0.4) is 0 Å². The molecule has 1 saturated heterocycles. The van der Waals surface area contributed by atoms with Gasteiger partial charge in [0.15, 0.2) is 5.96 Å². The number of carbonyl (C=O) groups excluding carboxylic acids is 1. The number of hydrogen-bond donors (Lipinski definition) is 3. The van der Waals surface area contributed by atoms with Gasteiger partial charge >= 0.3 is 0 Å². The quantitative estimate of drug-likeness (QED) is 0.353. The molecular formula is C23H32N6O. The fourth-order valence-corrected chi connectivity index (χ4v) is 3.80. The fraction of sp³-hybridized carbons (Fsp3) is 0.435. The van der Waals surface area contributed by atoms with Gasteiger partial charge in [0.25, 0.3) is 0 Å². The molecule has 1 fully saturated rings. The second-order valence-corrected chi connectivity index (χ2v) is 7.62. The second-order valence-electron chi connectivity index (χ2n) is 7.62. The Balaban J connectivity index is 1.51. The van der Waals surface area contributed by atoms with Crippen molar-refractivity contribution in [1.82, 2.24) is 15.6 Å². The summed E-state index contributed by atoms with van der Waals surface area (Å²) in [5.41, 5.74) is 7.96. The number of nitrogens with zero attached hydrogens (tertiary/aromatic N) is 3. The third-order valence-corrected chi connectivity index (χ3v) is 5.44. The van der Waals surface area contributed by atoms with Crippen molar-refractivity contribution in [3.05, 3.63) is 59.8 Å². The van der Waals surface area contributed by atoms with Crippen LogP contribution in [0, 0.1) is 5.92 Å². The Bertz CT molecular complexity index is 839. The van der Waals surface area contributed by atoms with Crippen LogP contribution in [0.4, 0.5) is 5.82 Å². The van der Waals surface area contributed by atoms with E-state index in [2.05, 4.69) is 55.8 Å². The Labute approximate surface area is 178 Å². The van der Waals surface area contributed by atoms with Crippen molar-refractivity contribution in [3.63, 3.8) is 0 Å². The Morgan fingerprint density at radius 2 is 2.07 bits per heavy atom. The van der Waals surface area contributed by atoms with Gasteiger partial charge in [-0.1, -0.05) is 36.4 Å². The van der Waals surface area contributed by atoms with Crippen molar-refractivity contribution in [2.75, 3.05) is 31.6 Å². The number of nitrogens with two attached hydrogens (primary N) is 1. The maximum absolute atomic E-state index is 11.6. The summed E-state index contributed by atoms with van der Waals surface area (Å²) < 4.78 is 0. The summed E-state index contributed by atoms with van der Waals surface area (Å²) >= 11 is 0. The number of piperidine rings is 1. The minimum Gasteiger partial charge on any atom is -0.369 e. The molecule has 4 N–H and O–H groups in total. The lowest BCUT2D eigenvalue weighted by molar-refractivity contribution is -0.122. The van der Waals surface area contributed by atoms with Crippen LogP contribution in [0.2, 0.25) is 0 Å². The first-order valence-electron chi connectivity index (χ1n) is 10.6. The zero-order chi connectivity index (χ0) is 21.2. The van der Waals surface area contributed by atoms with E-state index in [-0.39, 0.29) is 11.8 Å². The van der Waals surface area contributed by atoms with E-state index in [1.54, 1.807) is 13.2 Å². The Kier molecular flexibility index (Phi) is 8.06. The summed E-state index contributed by atoms with van der Waals surface area (Å²) in [7, 11) is 1.78. The molecule has 1 amide bonds. The van der Waals surface area contributed by atoms with Crippen molar-refractivity contribution in [3.8, 4) is 0 Å². The molecule has 1 aromatic heterocycles. The first-order chi connectivity index (χ1) is 14.7. The summed E-state index contributed by atoms with van der Waals surface area (Å²) in [4.78, 5) is 22.7. The molecule has 1 aliphatic rings. The highest BCUT2D eigenvalue weighted by molar-refractivity contribution is 5.80. The zero-order valence-electron chi connectivity index (χ0n) is 17.7. The number of carbonyl (C=O) groups is 1. The Morgan fingerprint density at radius 1 is 1.23 bits per heavy atom. The number of aliphatic imine (C=N–C) groups is 1. The van der Waals surface area contributed by atoms with Crippen molar-refractivity contribution < 1.29 is 4.79 Å². The van der Waals surface area contributed by atoms with Crippen LogP contribution in [0.5, 0.6) is 0 Å². The van der Waals surface area contributed by atoms with Crippen LogP contribution in [0.15, 0.2) is 53.7 Å². The van der Waals surface area contributed by atoms with Crippen molar-refractivity contribution in [2.45, 2.75) is 32.2 Å². The number of aromatic nitrogens is 1. The maximum Gasteiger partial charge on any atom is 0.222 e. The molecule has 1 atom stereocenters. The largest absolute Gasteiger partial charge is 0.369 e. The lowest BCUT2D eigenvalue weighted by atomic mass is 9.97. The van der Waals surface area contributed by atoms with E-state index in [9.17, 15) is 4.79 Å². The number of guanidine groups is 1. The van der Waals surface area contributed by atoms with Gasteiger partial charge in [0.2, 0.25) is 5.91 Å². The number of anilines is 1. The summed E-state index contributed by atoms with van der Waals surface area (Å²) in [6.07, 6.45) is 5.66. The Hall–Kier alpha value is -3.09. The zero-order valence-corrected chi connectivity index (χ0v) is 17.7. The number of primary amides is 1. The van der Waals surface area contributed by atoms with Crippen molar-refractivity contribution >= 4 is 17.7 Å². The third kappa shape index (κ3) is 6.20. The fourth-order valence-electron chi connectivity index (χ4n) is 3.80. The van der Waals surface area contributed by atoms with E-state index in [0.29, 0.717) is 13.1 Å².